The molecule has 6 nitrogen and oxygen atoms in total. The normalized spacial score (nSPS) is 13.8. The van der Waals surface area contributed by atoms with Crippen molar-refractivity contribution in [2.75, 3.05) is 11.9 Å². The molecule has 1 aliphatic heterocycles. The molecule has 22 heavy (non-hydrogen) atoms. The number of anilines is 1. The van der Waals surface area contributed by atoms with Gasteiger partial charge in [-0.25, -0.2) is 4.68 Å². The fraction of sp³-hybridized carbons (Fsp3) is 0.438. The van der Waals surface area contributed by atoms with Crippen molar-refractivity contribution in [3.05, 3.63) is 45.1 Å². The second kappa shape index (κ2) is 4.83. The van der Waals surface area contributed by atoms with Gasteiger partial charge in [0.05, 0.1) is 16.3 Å². The lowest BCUT2D eigenvalue weighted by Crippen LogP contribution is -2.15. The molecule has 0 saturated carbocycles. The SMILES string of the molecule is Cc1ccc([N+](=O)[O-])cc1-n1nc(C(C)(C)C)c2c1NCC2. The highest BCUT2D eigenvalue weighted by molar-refractivity contribution is 5.61. The zero-order valence-electron chi connectivity index (χ0n) is 13.3. The van der Waals surface area contributed by atoms with Gasteiger partial charge in [0.25, 0.3) is 5.69 Å². The highest BCUT2D eigenvalue weighted by atomic mass is 16.6. The largest absolute Gasteiger partial charge is 0.369 e. The van der Waals surface area contributed by atoms with Gasteiger partial charge in [-0.3, -0.25) is 10.1 Å². The summed E-state index contributed by atoms with van der Waals surface area (Å²) in [5, 5.41) is 19.2. The highest BCUT2D eigenvalue weighted by Gasteiger charge is 2.30. The third kappa shape index (κ3) is 2.24. The van der Waals surface area contributed by atoms with Gasteiger partial charge in [0, 0.05) is 29.7 Å². The summed E-state index contributed by atoms with van der Waals surface area (Å²) in [6, 6.07) is 4.89. The Morgan fingerprint density at radius 1 is 1.36 bits per heavy atom. The van der Waals surface area contributed by atoms with Crippen LogP contribution in [0.5, 0.6) is 0 Å². The Bertz CT molecular complexity index is 756. The highest BCUT2D eigenvalue weighted by Crippen LogP contribution is 2.36. The molecule has 0 bridgehead atoms. The van der Waals surface area contributed by atoms with Crippen molar-refractivity contribution in [3.63, 3.8) is 0 Å². The maximum Gasteiger partial charge on any atom is 0.271 e. The fourth-order valence-electron chi connectivity index (χ4n) is 2.89. The minimum Gasteiger partial charge on any atom is -0.369 e. The van der Waals surface area contributed by atoms with E-state index >= 15 is 0 Å². The molecular formula is C16H20N4O2. The third-order valence-corrected chi connectivity index (χ3v) is 3.99. The van der Waals surface area contributed by atoms with Gasteiger partial charge in [-0.2, -0.15) is 5.10 Å². The first-order chi connectivity index (χ1) is 10.3. The van der Waals surface area contributed by atoms with Crippen LogP contribution in [0, 0.1) is 17.0 Å². The lowest BCUT2D eigenvalue weighted by atomic mass is 9.89. The number of aromatic nitrogens is 2. The predicted octanol–water partition coefficient (Wildman–Crippen LogP) is 3.35. The molecule has 1 N–H and O–H groups in total. The number of fused-ring (bicyclic) bond motifs is 1. The Balaban J connectivity index is 2.22. The number of nitro groups is 1. The van der Waals surface area contributed by atoms with Crippen LogP contribution in [0.25, 0.3) is 5.69 Å². The van der Waals surface area contributed by atoms with Crippen LogP contribution in [0.2, 0.25) is 0 Å². The molecule has 2 heterocycles. The average Bonchev–Trinajstić information content (AvgIpc) is 2.99. The summed E-state index contributed by atoms with van der Waals surface area (Å²) in [5.41, 5.74) is 4.02. The number of aryl methyl sites for hydroxylation is 1. The molecule has 1 aromatic heterocycles. The minimum atomic E-state index is -0.370. The Labute approximate surface area is 129 Å². The number of hydrogen-bond acceptors (Lipinski definition) is 4. The van der Waals surface area contributed by atoms with Crippen LogP contribution in [0.3, 0.4) is 0 Å². The summed E-state index contributed by atoms with van der Waals surface area (Å²) in [7, 11) is 0. The molecule has 0 fully saturated rings. The van der Waals surface area contributed by atoms with Crippen LogP contribution in [0.15, 0.2) is 18.2 Å². The number of nitrogens with one attached hydrogen (secondary N) is 1. The van der Waals surface area contributed by atoms with Crippen LogP contribution in [-0.2, 0) is 11.8 Å². The van der Waals surface area contributed by atoms with Crippen molar-refractivity contribution in [1.82, 2.24) is 9.78 Å². The number of benzene rings is 1. The van der Waals surface area contributed by atoms with Crippen molar-refractivity contribution in [2.45, 2.75) is 39.5 Å². The first-order valence-electron chi connectivity index (χ1n) is 7.40. The van der Waals surface area contributed by atoms with Crippen molar-refractivity contribution in [3.8, 4) is 5.69 Å². The molecule has 0 spiro atoms. The Morgan fingerprint density at radius 2 is 2.09 bits per heavy atom. The molecule has 6 heteroatoms. The van der Waals surface area contributed by atoms with Gasteiger partial charge in [0.1, 0.15) is 5.82 Å². The fourth-order valence-corrected chi connectivity index (χ4v) is 2.89. The van der Waals surface area contributed by atoms with Gasteiger partial charge < -0.3 is 5.32 Å². The number of non-ortho nitro benzene ring substituents is 1. The smallest absolute Gasteiger partial charge is 0.271 e. The Kier molecular flexibility index (Phi) is 3.20. The lowest BCUT2D eigenvalue weighted by Gasteiger charge is -2.16. The van der Waals surface area contributed by atoms with Crippen molar-refractivity contribution in [1.29, 1.82) is 0 Å². The molecule has 0 radical (unpaired) electrons. The second-order valence-corrected chi connectivity index (χ2v) is 6.74. The van der Waals surface area contributed by atoms with Crippen LogP contribution in [0.4, 0.5) is 11.5 Å². The van der Waals surface area contributed by atoms with E-state index in [2.05, 4.69) is 26.1 Å². The van der Waals surface area contributed by atoms with E-state index in [0.29, 0.717) is 0 Å². The van der Waals surface area contributed by atoms with E-state index in [4.69, 9.17) is 5.10 Å². The average molecular weight is 300 g/mol. The second-order valence-electron chi connectivity index (χ2n) is 6.74. The summed E-state index contributed by atoms with van der Waals surface area (Å²) in [6.45, 7) is 9.23. The van der Waals surface area contributed by atoms with Gasteiger partial charge in [-0.05, 0) is 18.9 Å². The van der Waals surface area contributed by atoms with Crippen LogP contribution < -0.4 is 5.32 Å². The van der Waals surface area contributed by atoms with Crippen LogP contribution >= 0.6 is 0 Å². The summed E-state index contributed by atoms with van der Waals surface area (Å²) in [6.07, 6.45) is 0.940. The Morgan fingerprint density at radius 3 is 2.73 bits per heavy atom. The molecule has 0 atom stereocenters. The van der Waals surface area contributed by atoms with Gasteiger partial charge in [0.2, 0.25) is 0 Å². The van der Waals surface area contributed by atoms with Gasteiger partial charge in [-0.15, -0.1) is 0 Å². The molecular weight excluding hydrogens is 280 g/mol. The first-order valence-corrected chi connectivity index (χ1v) is 7.40. The molecule has 0 unspecified atom stereocenters. The molecule has 2 aromatic rings. The number of rotatable bonds is 2. The van der Waals surface area contributed by atoms with Crippen LogP contribution in [0.1, 0.15) is 37.6 Å². The minimum absolute atomic E-state index is 0.0596. The van der Waals surface area contributed by atoms with Gasteiger partial charge >= 0.3 is 0 Å². The van der Waals surface area contributed by atoms with Crippen molar-refractivity contribution in [2.24, 2.45) is 0 Å². The van der Waals surface area contributed by atoms with E-state index in [1.54, 1.807) is 12.1 Å². The maximum absolute atomic E-state index is 11.1. The number of nitrogens with zero attached hydrogens (tertiary/aromatic N) is 3. The number of hydrogen-bond donors (Lipinski definition) is 1. The van der Waals surface area contributed by atoms with E-state index in [0.717, 1.165) is 35.7 Å². The zero-order chi connectivity index (χ0) is 16.1. The first kappa shape index (κ1) is 14.6. The summed E-state index contributed by atoms with van der Waals surface area (Å²) in [5.74, 6) is 0.966. The quantitative estimate of drug-likeness (QED) is 0.682. The standard InChI is InChI=1S/C16H20N4O2/c1-10-5-6-11(20(21)22)9-13(10)19-15-12(7-8-17-15)14(18-19)16(2,3)4/h5-6,9,17H,7-8H2,1-4H3. The molecule has 3 rings (SSSR count). The molecule has 116 valence electrons. The maximum atomic E-state index is 11.1. The van der Waals surface area contributed by atoms with E-state index in [-0.39, 0.29) is 16.0 Å². The van der Waals surface area contributed by atoms with E-state index in [9.17, 15) is 10.1 Å². The molecule has 0 amide bonds. The summed E-state index contributed by atoms with van der Waals surface area (Å²) >= 11 is 0. The van der Waals surface area contributed by atoms with Crippen LogP contribution in [-0.4, -0.2) is 21.2 Å². The van der Waals surface area contributed by atoms with E-state index in [1.807, 2.05) is 11.6 Å². The summed E-state index contributed by atoms with van der Waals surface area (Å²) in [4.78, 5) is 10.7. The van der Waals surface area contributed by atoms with Crippen molar-refractivity contribution >= 4 is 11.5 Å². The predicted molar refractivity (Wildman–Crippen MR) is 85.8 cm³/mol. The van der Waals surface area contributed by atoms with E-state index < -0.39 is 0 Å². The topological polar surface area (TPSA) is 73.0 Å². The zero-order valence-corrected chi connectivity index (χ0v) is 13.3. The third-order valence-electron chi connectivity index (χ3n) is 3.99. The molecule has 1 aromatic carbocycles. The van der Waals surface area contributed by atoms with Gasteiger partial charge in [-0.1, -0.05) is 26.8 Å². The summed E-state index contributed by atoms with van der Waals surface area (Å²) < 4.78 is 1.82. The van der Waals surface area contributed by atoms with Gasteiger partial charge in [0.15, 0.2) is 0 Å². The molecule has 0 saturated heterocycles. The molecule has 1 aliphatic rings. The Hall–Kier alpha value is -2.37. The lowest BCUT2D eigenvalue weighted by molar-refractivity contribution is -0.384. The van der Waals surface area contributed by atoms with E-state index in [1.165, 1.54) is 11.6 Å². The number of nitro benzene ring substituents is 1. The monoisotopic (exact) mass is 300 g/mol. The molecule has 0 aliphatic carbocycles. The van der Waals surface area contributed by atoms with Crippen molar-refractivity contribution < 1.29 is 4.92 Å².